The van der Waals surface area contributed by atoms with E-state index < -0.39 is 0 Å². The zero-order chi connectivity index (χ0) is 17.6. The standard InChI is InChI=1S/C20H27ClN2O2/c21-17-9-7-15(8-10-17)11-12-22-20(25)16-13-19(24)23(14-16)18-5-3-1-2-4-6-18/h7-10,16,18H,1-6,11-14H2,(H,22,25). The molecule has 2 aliphatic rings. The van der Waals surface area contributed by atoms with Crippen molar-refractivity contribution >= 4 is 23.4 Å². The number of hydrogen-bond donors (Lipinski definition) is 1. The minimum Gasteiger partial charge on any atom is -0.355 e. The summed E-state index contributed by atoms with van der Waals surface area (Å²) in [4.78, 5) is 26.8. The molecule has 2 amide bonds. The molecule has 1 heterocycles. The third kappa shape index (κ3) is 4.97. The van der Waals surface area contributed by atoms with Crippen LogP contribution >= 0.6 is 11.6 Å². The fourth-order valence-electron chi connectivity index (χ4n) is 3.96. The number of nitrogens with zero attached hydrogens (tertiary/aromatic N) is 1. The van der Waals surface area contributed by atoms with E-state index in [0.717, 1.165) is 29.8 Å². The van der Waals surface area contributed by atoms with E-state index in [9.17, 15) is 9.59 Å². The lowest BCUT2D eigenvalue weighted by atomic mass is 10.1. The van der Waals surface area contributed by atoms with Gasteiger partial charge >= 0.3 is 0 Å². The molecule has 1 saturated heterocycles. The Morgan fingerprint density at radius 3 is 2.48 bits per heavy atom. The predicted molar refractivity (Wildman–Crippen MR) is 99.5 cm³/mol. The second-order valence-corrected chi connectivity index (χ2v) is 7.70. The van der Waals surface area contributed by atoms with E-state index in [1.54, 1.807) is 0 Å². The lowest BCUT2D eigenvalue weighted by Crippen LogP contribution is -2.38. The number of carbonyl (C=O) groups is 2. The zero-order valence-corrected chi connectivity index (χ0v) is 15.4. The Morgan fingerprint density at radius 2 is 1.80 bits per heavy atom. The van der Waals surface area contributed by atoms with Crippen LogP contribution < -0.4 is 5.32 Å². The number of amides is 2. The first-order valence-corrected chi connectivity index (χ1v) is 9.83. The number of hydrogen-bond acceptors (Lipinski definition) is 2. The lowest BCUT2D eigenvalue weighted by molar-refractivity contribution is -0.130. The molecule has 0 aromatic heterocycles. The summed E-state index contributed by atoms with van der Waals surface area (Å²) in [5, 5.41) is 3.71. The molecule has 0 bridgehead atoms. The van der Waals surface area contributed by atoms with Crippen LogP contribution in [0.2, 0.25) is 5.02 Å². The van der Waals surface area contributed by atoms with Gasteiger partial charge in [-0.3, -0.25) is 9.59 Å². The van der Waals surface area contributed by atoms with Gasteiger partial charge in [-0.15, -0.1) is 0 Å². The first kappa shape index (κ1) is 18.2. The maximum Gasteiger partial charge on any atom is 0.225 e. The van der Waals surface area contributed by atoms with E-state index in [2.05, 4.69) is 5.32 Å². The minimum atomic E-state index is -0.194. The summed E-state index contributed by atoms with van der Waals surface area (Å²) in [5.74, 6) is -0.0239. The molecule has 136 valence electrons. The van der Waals surface area contributed by atoms with Gasteiger partial charge in [0, 0.05) is 30.6 Å². The zero-order valence-electron chi connectivity index (χ0n) is 14.7. The third-order valence-electron chi connectivity index (χ3n) is 5.42. The van der Waals surface area contributed by atoms with Crippen molar-refractivity contribution in [3.8, 4) is 0 Å². The number of likely N-dealkylation sites (tertiary alicyclic amines) is 1. The highest BCUT2D eigenvalue weighted by Crippen LogP contribution is 2.28. The van der Waals surface area contributed by atoms with Crippen LogP contribution in [-0.4, -0.2) is 35.8 Å². The van der Waals surface area contributed by atoms with Crippen molar-refractivity contribution in [1.82, 2.24) is 10.2 Å². The summed E-state index contributed by atoms with van der Waals surface area (Å²) < 4.78 is 0. The van der Waals surface area contributed by atoms with Crippen molar-refractivity contribution < 1.29 is 9.59 Å². The summed E-state index contributed by atoms with van der Waals surface area (Å²) in [6.07, 6.45) is 8.27. The van der Waals surface area contributed by atoms with E-state index in [0.29, 0.717) is 25.6 Å². The highest BCUT2D eigenvalue weighted by molar-refractivity contribution is 6.30. The maximum absolute atomic E-state index is 12.4. The summed E-state index contributed by atoms with van der Waals surface area (Å²) in [6.45, 7) is 1.19. The van der Waals surface area contributed by atoms with Gasteiger partial charge in [0.25, 0.3) is 0 Å². The van der Waals surface area contributed by atoms with E-state index in [-0.39, 0.29) is 17.7 Å². The van der Waals surface area contributed by atoms with Gasteiger partial charge in [0.05, 0.1) is 5.92 Å². The highest BCUT2D eigenvalue weighted by Gasteiger charge is 2.37. The molecule has 1 aromatic rings. The number of carbonyl (C=O) groups excluding carboxylic acids is 2. The fraction of sp³-hybridized carbons (Fsp3) is 0.600. The van der Waals surface area contributed by atoms with Crippen LogP contribution in [-0.2, 0) is 16.0 Å². The average Bonchev–Trinajstić information content (AvgIpc) is 2.82. The first-order valence-electron chi connectivity index (χ1n) is 9.45. The number of halogens is 1. The smallest absolute Gasteiger partial charge is 0.225 e. The maximum atomic E-state index is 12.4. The topological polar surface area (TPSA) is 49.4 Å². The molecule has 1 unspecified atom stereocenters. The molecule has 4 nitrogen and oxygen atoms in total. The quantitative estimate of drug-likeness (QED) is 0.814. The van der Waals surface area contributed by atoms with Crippen LogP contribution in [0, 0.1) is 5.92 Å². The summed E-state index contributed by atoms with van der Waals surface area (Å²) in [6, 6.07) is 8.02. The van der Waals surface area contributed by atoms with Gasteiger partial charge in [-0.25, -0.2) is 0 Å². The molecule has 0 spiro atoms. The van der Waals surface area contributed by atoms with Gasteiger partial charge in [0.1, 0.15) is 0 Å². The number of rotatable bonds is 5. The molecule has 3 rings (SSSR count). The molecule has 1 aliphatic heterocycles. The Morgan fingerprint density at radius 1 is 1.12 bits per heavy atom. The molecule has 1 N–H and O–H groups in total. The lowest BCUT2D eigenvalue weighted by Gasteiger charge is -2.27. The molecule has 1 saturated carbocycles. The van der Waals surface area contributed by atoms with Crippen molar-refractivity contribution in [2.75, 3.05) is 13.1 Å². The van der Waals surface area contributed by atoms with Crippen molar-refractivity contribution in [3.63, 3.8) is 0 Å². The SMILES string of the molecule is O=C(NCCc1ccc(Cl)cc1)C1CC(=O)N(C2CCCCCC2)C1. The Bertz CT molecular complexity index is 594. The molecule has 25 heavy (non-hydrogen) atoms. The Labute approximate surface area is 154 Å². The van der Waals surface area contributed by atoms with Crippen LogP contribution in [0.5, 0.6) is 0 Å². The van der Waals surface area contributed by atoms with E-state index in [1.165, 1.54) is 25.7 Å². The van der Waals surface area contributed by atoms with Gasteiger partial charge < -0.3 is 10.2 Å². The van der Waals surface area contributed by atoms with Crippen LogP contribution in [0.15, 0.2) is 24.3 Å². The van der Waals surface area contributed by atoms with Crippen molar-refractivity contribution in [2.24, 2.45) is 5.92 Å². The first-order chi connectivity index (χ1) is 12.1. The van der Waals surface area contributed by atoms with Gasteiger partial charge in [0.15, 0.2) is 0 Å². The van der Waals surface area contributed by atoms with Gasteiger partial charge in [0.2, 0.25) is 11.8 Å². The van der Waals surface area contributed by atoms with Crippen LogP contribution in [0.3, 0.4) is 0 Å². The van der Waals surface area contributed by atoms with Crippen molar-refractivity contribution in [3.05, 3.63) is 34.9 Å². The van der Waals surface area contributed by atoms with E-state index in [1.807, 2.05) is 29.2 Å². The monoisotopic (exact) mass is 362 g/mol. The fourth-order valence-corrected chi connectivity index (χ4v) is 4.08. The van der Waals surface area contributed by atoms with Crippen molar-refractivity contribution in [2.45, 2.75) is 57.4 Å². The second kappa shape index (κ2) is 8.70. The Hall–Kier alpha value is -1.55. The predicted octanol–water partition coefficient (Wildman–Crippen LogP) is 3.57. The minimum absolute atomic E-state index is 0.0124. The van der Waals surface area contributed by atoms with E-state index >= 15 is 0 Å². The second-order valence-electron chi connectivity index (χ2n) is 7.26. The summed E-state index contributed by atoms with van der Waals surface area (Å²) in [7, 11) is 0. The highest BCUT2D eigenvalue weighted by atomic mass is 35.5. The normalized spacial score (nSPS) is 22.0. The van der Waals surface area contributed by atoms with Gasteiger partial charge in [-0.1, -0.05) is 49.4 Å². The Balaban J connectivity index is 1.46. The third-order valence-corrected chi connectivity index (χ3v) is 5.67. The largest absolute Gasteiger partial charge is 0.355 e. The average molecular weight is 363 g/mol. The molecular weight excluding hydrogens is 336 g/mol. The van der Waals surface area contributed by atoms with Gasteiger partial charge in [-0.2, -0.15) is 0 Å². The van der Waals surface area contributed by atoms with Crippen molar-refractivity contribution in [1.29, 1.82) is 0 Å². The molecule has 1 atom stereocenters. The molecular formula is C20H27ClN2O2. The van der Waals surface area contributed by atoms with Crippen LogP contribution in [0.1, 0.15) is 50.5 Å². The molecule has 5 heteroatoms. The van der Waals surface area contributed by atoms with E-state index in [4.69, 9.17) is 11.6 Å². The van der Waals surface area contributed by atoms with Gasteiger partial charge in [-0.05, 0) is 37.0 Å². The molecule has 0 radical (unpaired) electrons. The molecule has 1 aliphatic carbocycles. The van der Waals surface area contributed by atoms with Crippen LogP contribution in [0.4, 0.5) is 0 Å². The Kier molecular flexibility index (Phi) is 6.35. The molecule has 2 fully saturated rings. The number of nitrogens with one attached hydrogen (secondary N) is 1. The number of benzene rings is 1. The summed E-state index contributed by atoms with van der Waals surface area (Å²) >= 11 is 5.88. The summed E-state index contributed by atoms with van der Waals surface area (Å²) in [5.41, 5.74) is 1.15. The van der Waals surface area contributed by atoms with Crippen LogP contribution in [0.25, 0.3) is 0 Å². The molecule has 1 aromatic carbocycles.